The minimum absolute atomic E-state index is 0.252. The Balaban J connectivity index is 1.65. The van der Waals surface area contributed by atoms with Crippen LogP contribution in [-0.4, -0.2) is 32.3 Å². The molecule has 1 N–H and O–H groups in total. The molecule has 3 rings (SSSR count). The van der Waals surface area contributed by atoms with Crippen molar-refractivity contribution in [3.8, 4) is 17.2 Å². The number of esters is 1. The van der Waals surface area contributed by atoms with Crippen LogP contribution in [0.15, 0.2) is 71.8 Å². The van der Waals surface area contributed by atoms with Gasteiger partial charge in [-0.25, -0.2) is 10.2 Å². The Bertz CT molecular complexity index is 1100. The van der Waals surface area contributed by atoms with Crippen molar-refractivity contribution in [3.63, 3.8) is 0 Å². The molecule has 0 unspecified atom stereocenters. The van der Waals surface area contributed by atoms with Crippen LogP contribution >= 0.6 is 11.6 Å². The maximum atomic E-state index is 12.3. The summed E-state index contributed by atoms with van der Waals surface area (Å²) in [5, 5.41) is 4.48. The van der Waals surface area contributed by atoms with Crippen molar-refractivity contribution < 1.29 is 23.8 Å². The minimum Gasteiger partial charge on any atom is -0.497 e. The van der Waals surface area contributed by atoms with Crippen LogP contribution in [0.4, 0.5) is 0 Å². The van der Waals surface area contributed by atoms with Gasteiger partial charge in [0.2, 0.25) is 0 Å². The number of benzene rings is 3. The number of hydrazone groups is 1. The van der Waals surface area contributed by atoms with Gasteiger partial charge in [-0.2, -0.15) is 5.10 Å². The SMILES string of the molecule is COc1ccc(C(=O)NN=Cc2ccc(OC(=O)c3ccc(Cl)cc3)c(OC)c2)cc1. The Hall–Kier alpha value is -3.84. The fourth-order valence-corrected chi connectivity index (χ4v) is 2.69. The second-order valence-corrected chi connectivity index (χ2v) is 6.67. The standard InChI is InChI=1S/C23H19ClN2O5/c1-29-19-10-6-16(7-11-19)22(27)26-25-14-15-3-12-20(21(13-15)30-2)31-23(28)17-4-8-18(24)9-5-17/h3-14H,1-2H3,(H,26,27). The monoisotopic (exact) mass is 438 g/mol. The van der Waals surface area contributed by atoms with Crippen molar-refractivity contribution in [2.75, 3.05) is 14.2 Å². The van der Waals surface area contributed by atoms with Crippen LogP contribution < -0.4 is 19.6 Å². The second kappa shape index (κ2) is 10.3. The summed E-state index contributed by atoms with van der Waals surface area (Å²) in [6.45, 7) is 0. The zero-order valence-electron chi connectivity index (χ0n) is 16.8. The molecule has 0 fully saturated rings. The van der Waals surface area contributed by atoms with Gasteiger partial charge >= 0.3 is 5.97 Å². The van der Waals surface area contributed by atoms with Crippen molar-refractivity contribution in [2.45, 2.75) is 0 Å². The van der Waals surface area contributed by atoms with Crippen molar-refractivity contribution in [3.05, 3.63) is 88.4 Å². The summed E-state index contributed by atoms with van der Waals surface area (Å²) in [5.74, 6) is 0.348. The summed E-state index contributed by atoms with van der Waals surface area (Å²) >= 11 is 5.83. The lowest BCUT2D eigenvalue weighted by Gasteiger charge is -2.10. The summed E-state index contributed by atoms with van der Waals surface area (Å²) in [6.07, 6.45) is 1.45. The largest absolute Gasteiger partial charge is 0.497 e. The molecule has 0 aliphatic carbocycles. The van der Waals surface area contributed by atoms with Crippen molar-refractivity contribution >= 4 is 29.7 Å². The molecule has 0 saturated carbocycles. The average Bonchev–Trinajstić information content (AvgIpc) is 2.80. The van der Waals surface area contributed by atoms with E-state index in [1.807, 2.05) is 0 Å². The van der Waals surface area contributed by atoms with Gasteiger partial charge in [-0.15, -0.1) is 0 Å². The number of halogens is 1. The zero-order chi connectivity index (χ0) is 22.2. The molecule has 31 heavy (non-hydrogen) atoms. The van der Waals surface area contributed by atoms with Crippen molar-refractivity contribution in [2.24, 2.45) is 5.10 Å². The first kappa shape index (κ1) is 21.9. The molecule has 3 aromatic rings. The van der Waals surface area contributed by atoms with E-state index in [1.54, 1.807) is 73.8 Å². The molecule has 0 atom stereocenters. The van der Waals surface area contributed by atoms with Gasteiger partial charge in [-0.1, -0.05) is 11.6 Å². The summed E-state index contributed by atoms with van der Waals surface area (Å²) in [6, 6.07) is 17.9. The lowest BCUT2D eigenvalue weighted by atomic mass is 10.2. The molecule has 158 valence electrons. The van der Waals surface area contributed by atoms with Gasteiger partial charge in [0.05, 0.1) is 26.0 Å². The van der Waals surface area contributed by atoms with E-state index in [4.69, 9.17) is 25.8 Å². The van der Waals surface area contributed by atoms with Gasteiger partial charge in [0.25, 0.3) is 5.91 Å². The van der Waals surface area contributed by atoms with Crippen LogP contribution in [0.1, 0.15) is 26.3 Å². The third-order valence-electron chi connectivity index (χ3n) is 4.20. The molecular formula is C23H19ClN2O5. The molecule has 7 nitrogen and oxygen atoms in total. The number of hydrogen-bond donors (Lipinski definition) is 1. The quantitative estimate of drug-likeness (QED) is 0.256. The minimum atomic E-state index is -0.539. The van der Waals surface area contributed by atoms with Crippen LogP contribution in [-0.2, 0) is 0 Å². The maximum absolute atomic E-state index is 12.3. The van der Waals surface area contributed by atoms with Gasteiger partial charge in [-0.3, -0.25) is 4.79 Å². The number of rotatable bonds is 7. The van der Waals surface area contributed by atoms with Gasteiger partial charge in [0.15, 0.2) is 11.5 Å². The number of nitrogens with one attached hydrogen (secondary N) is 1. The highest BCUT2D eigenvalue weighted by atomic mass is 35.5. The Morgan fingerprint density at radius 2 is 1.55 bits per heavy atom. The van der Waals surface area contributed by atoms with E-state index in [-0.39, 0.29) is 11.7 Å². The topological polar surface area (TPSA) is 86.2 Å². The van der Waals surface area contributed by atoms with E-state index >= 15 is 0 Å². The lowest BCUT2D eigenvalue weighted by Crippen LogP contribution is -2.17. The first-order valence-corrected chi connectivity index (χ1v) is 9.51. The highest BCUT2D eigenvalue weighted by Gasteiger charge is 2.13. The molecule has 0 saturated heterocycles. The second-order valence-electron chi connectivity index (χ2n) is 6.23. The normalized spacial score (nSPS) is 10.5. The summed E-state index contributed by atoms with van der Waals surface area (Å²) in [4.78, 5) is 24.4. The molecule has 0 aliphatic rings. The molecule has 0 aliphatic heterocycles. The van der Waals surface area contributed by atoms with E-state index in [0.29, 0.717) is 33.2 Å². The van der Waals surface area contributed by atoms with Crippen LogP contribution in [0, 0.1) is 0 Å². The van der Waals surface area contributed by atoms with Crippen LogP contribution in [0.2, 0.25) is 5.02 Å². The number of carbonyl (C=O) groups excluding carboxylic acids is 2. The Labute approximate surface area is 184 Å². The average molecular weight is 439 g/mol. The Morgan fingerprint density at radius 1 is 0.871 bits per heavy atom. The van der Waals surface area contributed by atoms with E-state index < -0.39 is 5.97 Å². The van der Waals surface area contributed by atoms with E-state index in [0.717, 1.165) is 0 Å². The molecular weight excluding hydrogens is 420 g/mol. The Kier molecular flexibility index (Phi) is 7.24. The highest BCUT2D eigenvalue weighted by molar-refractivity contribution is 6.30. The number of nitrogens with zero attached hydrogens (tertiary/aromatic N) is 1. The van der Waals surface area contributed by atoms with Crippen molar-refractivity contribution in [1.82, 2.24) is 5.43 Å². The highest BCUT2D eigenvalue weighted by Crippen LogP contribution is 2.28. The molecule has 1 amide bonds. The van der Waals surface area contributed by atoms with Gasteiger partial charge < -0.3 is 14.2 Å². The number of hydrogen-bond acceptors (Lipinski definition) is 6. The molecule has 0 spiro atoms. The van der Waals surface area contributed by atoms with E-state index in [9.17, 15) is 9.59 Å². The molecule has 0 aromatic heterocycles. The van der Waals surface area contributed by atoms with Crippen LogP contribution in [0.25, 0.3) is 0 Å². The number of ether oxygens (including phenoxy) is 3. The summed E-state index contributed by atoms with van der Waals surface area (Å²) in [5.41, 5.74) is 3.89. The first-order valence-electron chi connectivity index (χ1n) is 9.13. The number of methoxy groups -OCH3 is 2. The van der Waals surface area contributed by atoms with Gasteiger partial charge in [0, 0.05) is 10.6 Å². The number of amides is 1. The third kappa shape index (κ3) is 5.83. The predicted molar refractivity (Wildman–Crippen MR) is 117 cm³/mol. The van der Waals surface area contributed by atoms with Gasteiger partial charge in [-0.05, 0) is 72.3 Å². The zero-order valence-corrected chi connectivity index (χ0v) is 17.6. The summed E-state index contributed by atoms with van der Waals surface area (Å²) < 4.78 is 15.8. The van der Waals surface area contributed by atoms with E-state index in [2.05, 4.69) is 10.5 Å². The van der Waals surface area contributed by atoms with Gasteiger partial charge in [0.1, 0.15) is 5.75 Å². The lowest BCUT2D eigenvalue weighted by molar-refractivity contribution is 0.0729. The van der Waals surface area contributed by atoms with E-state index in [1.165, 1.54) is 13.3 Å². The fraction of sp³-hybridized carbons (Fsp3) is 0.0870. The Morgan fingerprint density at radius 3 is 2.19 bits per heavy atom. The van der Waals surface area contributed by atoms with Crippen LogP contribution in [0.5, 0.6) is 17.2 Å². The summed E-state index contributed by atoms with van der Waals surface area (Å²) in [7, 11) is 3.01. The molecule has 0 bridgehead atoms. The van der Waals surface area contributed by atoms with Crippen LogP contribution in [0.3, 0.4) is 0 Å². The smallest absolute Gasteiger partial charge is 0.343 e. The fourth-order valence-electron chi connectivity index (χ4n) is 2.57. The van der Waals surface area contributed by atoms with Crippen molar-refractivity contribution in [1.29, 1.82) is 0 Å². The first-order chi connectivity index (χ1) is 15.0. The molecule has 0 heterocycles. The maximum Gasteiger partial charge on any atom is 0.343 e. The third-order valence-corrected chi connectivity index (χ3v) is 4.45. The molecule has 0 radical (unpaired) electrons. The molecule has 8 heteroatoms. The molecule has 3 aromatic carbocycles. The predicted octanol–water partition coefficient (Wildman–Crippen LogP) is 4.34. The number of carbonyl (C=O) groups is 2.